The number of rotatable bonds is 5. The Kier molecular flexibility index (Phi) is 2.98. The highest BCUT2D eigenvalue weighted by Gasteiger charge is 2.19. The molecule has 0 aliphatic rings. The maximum absolute atomic E-state index is 10.8. The van der Waals surface area contributed by atoms with Crippen LogP contribution in [-0.4, -0.2) is 23.4 Å². The molecule has 0 amide bonds. The Labute approximate surface area is 103 Å². The first kappa shape index (κ1) is 9.59. The lowest BCUT2D eigenvalue weighted by Gasteiger charge is -2.00. The van der Waals surface area contributed by atoms with Crippen molar-refractivity contribution in [3.05, 3.63) is 30.0 Å². The van der Waals surface area contributed by atoms with Gasteiger partial charge in [-0.25, -0.2) is 4.52 Å². The van der Waals surface area contributed by atoms with Crippen molar-refractivity contribution in [2.45, 2.75) is 6.42 Å². The van der Waals surface area contributed by atoms with Gasteiger partial charge in [0.25, 0.3) is 0 Å². The van der Waals surface area contributed by atoms with Gasteiger partial charge in [0.05, 0.1) is 5.39 Å². The van der Waals surface area contributed by atoms with E-state index in [-0.39, 0.29) is 12.2 Å². The van der Waals surface area contributed by atoms with E-state index in [2.05, 4.69) is 10.3 Å². The minimum atomic E-state index is -2.75. The van der Waals surface area contributed by atoms with E-state index in [9.17, 15) is 4.57 Å². The van der Waals surface area contributed by atoms with Gasteiger partial charge in [-0.15, -0.1) is 4.89 Å². The second-order valence-electron chi connectivity index (χ2n) is 3.43. The average Bonchev–Trinajstić information content (AvgIpc) is 2.72. The summed E-state index contributed by atoms with van der Waals surface area (Å²) < 4.78 is 31.2. The standard InChI is InChI=1S/C11H13N2O3P/c1-12-6-5-8-7-13-9-3-2-4-10(11(8)9)16-17(14)15/h2-4,7,12-13H,5-6H2,1H3/p+1/i6D2. The van der Waals surface area contributed by atoms with Gasteiger partial charge in [0.1, 0.15) is 0 Å². The molecule has 90 valence electrons. The van der Waals surface area contributed by atoms with Gasteiger partial charge in [0, 0.05) is 19.0 Å². The van der Waals surface area contributed by atoms with E-state index in [0.717, 1.165) is 5.52 Å². The molecule has 0 saturated carbocycles. The monoisotopic (exact) mass is 255 g/mol. The van der Waals surface area contributed by atoms with E-state index < -0.39 is 14.8 Å². The van der Waals surface area contributed by atoms with E-state index in [1.165, 1.54) is 7.05 Å². The molecule has 2 aromatic rings. The summed E-state index contributed by atoms with van der Waals surface area (Å²) >= 11 is 0. The molecule has 1 aromatic heterocycles. The molecule has 0 bridgehead atoms. The molecule has 3 N–H and O–H groups in total. The van der Waals surface area contributed by atoms with Gasteiger partial charge in [0.2, 0.25) is 0 Å². The van der Waals surface area contributed by atoms with Gasteiger partial charge in [-0.2, -0.15) is 0 Å². The van der Waals surface area contributed by atoms with Crippen LogP contribution in [0.25, 0.3) is 10.9 Å². The van der Waals surface area contributed by atoms with Crippen molar-refractivity contribution in [2.75, 3.05) is 13.5 Å². The van der Waals surface area contributed by atoms with Crippen LogP contribution in [0.1, 0.15) is 8.30 Å². The molecule has 2 rings (SSSR count). The summed E-state index contributed by atoms with van der Waals surface area (Å²) in [4.78, 5) is 11.9. The van der Waals surface area contributed by atoms with Gasteiger partial charge in [-0.05, 0) is 37.7 Å². The first-order valence-corrected chi connectivity index (χ1v) is 6.18. The highest BCUT2D eigenvalue weighted by Crippen LogP contribution is 2.33. The van der Waals surface area contributed by atoms with Crippen molar-refractivity contribution in [1.82, 2.24) is 10.3 Å². The molecule has 0 radical (unpaired) electrons. The first-order valence-electron chi connectivity index (χ1n) is 6.05. The molecular weight excluding hydrogens is 239 g/mol. The number of aromatic amines is 1. The molecule has 0 saturated heterocycles. The topological polar surface area (TPSA) is 74.4 Å². The second-order valence-corrected chi connectivity index (χ2v) is 4.08. The maximum Gasteiger partial charge on any atom is 0.747 e. The number of likely N-dealkylation sites (N-methyl/N-ethyl adjacent to an activating group) is 1. The number of fused-ring (bicyclic) bond motifs is 1. The second kappa shape index (κ2) is 5.27. The molecule has 1 atom stereocenters. The Morgan fingerprint density at radius 1 is 1.65 bits per heavy atom. The maximum atomic E-state index is 10.8. The lowest BCUT2D eigenvalue weighted by molar-refractivity contribution is 0.412. The minimum absolute atomic E-state index is 0.117. The van der Waals surface area contributed by atoms with Gasteiger partial charge in [-0.1, -0.05) is 6.07 Å². The molecule has 0 aliphatic heterocycles. The zero-order chi connectivity index (χ0) is 14.0. The zero-order valence-corrected chi connectivity index (χ0v) is 10.1. The molecule has 0 fully saturated rings. The molecule has 0 aliphatic carbocycles. The summed E-state index contributed by atoms with van der Waals surface area (Å²) in [5, 5.41) is 3.20. The average molecular weight is 255 g/mol. The third-order valence-corrected chi connectivity index (χ3v) is 2.73. The van der Waals surface area contributed by atoms with Crippen molar-refractivity contribution in [3.8, 4) is 5.75 Å². The van der Waals surface area contributed by atoms with Crippen LogP contribution in [0.4, 0.5) is 0 Å². The summed E-state index contributed by atoms with van der Waals surface area (Å²) in [6, 6.07) is 5.08. The number of nitrogens with one attached hydrogen (secondary N) is 2. The van der Waals surface area contributed by atoms with E-state index in [0.29, 0.717) is 10.9 Å². The van der Waals surface area contributed by atoms with Crippen molar-refractivity contribution < 1.29 is 16.7 Å². The fourth-order valence-electron chi connectivity index (χ4n) is 1.70. The lowest BCUT2D eigenvalue weighted by Crippen LogP contribution is -2.09. The van der Waals surface area contributed by atoms with Crippen LogP contribution in [0.5, 0.6) is 5.75 Å². The van der Waals surface area contributed by atoms with Crippen LogP contribution in [0.15, 0.2) is 24.4 Å². The van der Waals surface area contributed by atoms with Crippen molar-refractivity contribution in [2.24, 2.45) is 0 Å². The van der Waals surface area contributed by atoms with Crippen LogP contribution in [0.2, 0.25) is 0 Å². The predicted molar refractivity (Wildman–Crippen MR) is 66.4 cm³/mol. The molecular formula is C11H14N2O3P+. The van der Waals surface area contributed by atoms with E-state index >= 15 is 0 Å². The van der Waals surface area contributed by atoms with Crippen molar-refractivity contribution in [1.29, 1.82) is 0 Å². The number of hydrogen-bond acceptors (Lipinski definition) is 3. The smallest absolute Gasteiger partial charge is 0.361 e. The van der Waals surface area contributed by atoms with E-state index in [1.807, 2.05) is 0 Å². The summed E-state index contributed by atoms with van der Waals surface area (Å²) in [6.45, 7) is -1.57. The fourth-order valence-corrected chi connectivity index (χ4v) is 2.02. The first-order chi connectivity index (χ1) is 8.93. The highest BCUT2D eigenvalue weighted by molar-refractivity contribution is 7.32. The quantitative estimate of drug-likeness (QED) is 0.714. The van der Waals surface area contributed by atoms with Crippen LogP contribution in [0, 0.1) is 0 Å². The Morgan fingerprint density at radius 3 is 3.18 bits per heavy atom. The Morgan fingerprint density at radius 2 is 2.47 bits per heavy atom. The fraction of sp³-hybridized carbons (Fsp3) is 0.273. The highest BCUT2D eigenvalue weighted by atomic mass is 31.1. The summed E-state index contributed by atoms with van der Waals surface area (Å²) in [7, 11) is -1.21. The molecule has 6 heteroatoms. The van der Waals surface area contributed by atoms with E-state index in [1.54, 1.807) is 24.4 Å². The Bertz CT molecular complexity index is 615. The van der Waals surface area contributed by atoms with Crippen LogP contribution >= 0.6 is 8.25 Å². The molecule has 1 unspecified atom stereocenters. The largest absolute Gasteiger partial charge is 0.747 e. The molecule has 1 heterocycles. The van der Waals surface area contributed by atoms with Crippen molar-refractivity contribution in [3.63, 3.8) is 0 Å². The van der Waals surface area contributed by atoms with Gasteiger partial charge in [-0.3, -0.25) is 0 Å². The SMILES string of the molecule is [2H]C([2H])(Cc1c[nH]c2cccc(O[P+](=O)O)c12)NC. The van der Waals surface area contributed by atoms with Crippen LogP contribution in [-0.2, 0) is 11.0 Å². The third kappa shape index (κ3) is 2.64. The van der Waals surface area contributed by atoms with E-state index in [4.69, 9.17) is 12.2 Å². The van der Waals surface area contributed by atoms with Gasteiger partial charge >= 0.3 is 8.25 Å². The molecule has 1 aromatic carbocycles. The van der Waals surface area contributed by atoms with Crippen LogP contribution < -0.4 is 9.84 Å². The number of hydrogen-bond donors (Lipinski definition) is 3. The Balaban J connectivity index is 2.47. The zero-order valence-electron chi connectivity index (χ0n) is 11.2. The van der Waals surface area contributed by atoms with Crippen LogP contribution in [0.3, 0.4) is 0 Å². The minimum Gasteiger partial charge on any atom is -0.361 e. The number of aryl methyl sites for hydroxylation is 1. The molecule has 5 nitrogen and oxygen atoms in total. The number of benzene rings is 1. The van der Waals surface area contributed by atoms with Gasteiger partial charge < -0.3 is 10.3 Å². The molecule has 17 heavy (non-hydrogen) atoms. The summed E-state index contributed by atoms with van der Waals surface area (Å²) in [5.41, 5.74) is 1.41. The summed E-state index contributed by atoms with van der Waals surface area (Å²) in [6.07, 6.45) is 1.79. The normalized spacial score (nSPS) is 14.4. The predicted octanol–water partition coefficient (Wildman–Crippen LogP) is 1.96. The van der Waals surface area contributed by atoms with Crippen molar-refractivity contribution >= 4 is 19.2 Å². The number of aromatic nitrogens is 1. The summed E-state index contributed by atoms with van der Waals surface area (Å²) in [5.74, 6) is 0.268. The lowest BCUT2D eigenvalue weighted by atomic mass is 10.1. The third-order valence-electron chi connectivity index (χ3n) is 2.38. The molecule has 0 spiro atoms. The Hall–Kier alpha value is -1.42. The number of H-pyrrole nitrogens is 1. The van der Waals surface area contributed by atoms with Gasteiger partial charge in [0.15, 0.2) is 5.75 Å².